The molecule has 1 fully saturated rings. The molecular weight excluding hydrogens is 358 g/mol. The van der Waals surface area contributed by atoms with Gasteiger partial charge in [-0.15, -0.1) is 0 Å². The van der Waals surface area contributed by atoms with E-state index < -0.39 is 0 Å². The Labute approximate surface area is 162 Å². The third-order valence-corrected chi connectivity index (χ3v) is 5.62. The Balaban J connectivity index is 1.46. The molecule has 0 spiro atoms. The second kappa shape index (κ2) is 6.43. The molecule has 5 rings (SSSR count). The van der Waals surface area contributed by atoms with Crippen molar-refractivity contribution in [2.45, 2.75) is 6.92 Å². The third kappa shape index (κ3) is 2.79. The molecule has 1 saturated heterocycles. The molecule has 136 valence electrons. The van der Waals surface area contributed by atoms with Gasteiger partial charge in [0, 0.05) is 47.8 Å². The maximum absolute atomic E-state index is 6.01. The largest absolute Gasteiger partial charge is 0.368 e. The average Bonchev–Trinajstić information content (AvgIpc) is 3.09. The summed E-state index contributed by atoms with van der Waals surface area (Å²) in [4.78, 5) is 17.5. The summed E-state index contributed by atoms with van der Waals surface area (Å²) in [6, 6.07) is 14.4. The molecule has 0 aliphatic carbocycles. The smallest absolute Gasteiger partial charge is 0.156 e. The van der Waals surface area contributed by atoms with E-state index in [9.17, 15) is 0 Å². The molecule has 2 aromatic carbocycles. The van der Waals surface area contributed by atoms with Crippen LogP contribution in [0.4, 0.5) is 11.5 Å². The van der Waals surface area contributed by atoms with Crippen LogP contribution in [0.5, 0.6) is 0 Å². The van der Waals surface area contributed by atoms with E-state index in [2.05, 4.69) is 62.0 Å². The molecule has 1 aliphatic rings. The highest BCUT2D eigenvalue weighted by Crippen LogP contribution is 2.31. The molecule has 4 aromatic rings. The summed E-state index contributed by atoms with van der Waals surface area (Å²) in [5, 5.41) is 1.96. The van der Waals surface area contributed by atoms with Gasteiger partial charge in [-0.05, 0) is 42.8 Å². The minimum absolute atomic E-state index is 0.773. The van der Waals surface area contributed by atoms with Crippen molar-refractivity contribution in [1.29, 1.82) is 0 Å². The van der Waals surface area contributed by atoms with E-state index in [0.29, 0.717) is 0 Å². The van der Waals surface area contributed by atoms with E-state index in [1.807, 2.05) is 12.1 Å². The second-order valence-electron chi connectivity index (χ2n) is 6.99. The number of anilines is 2. The first kappa shape index (κ1) is 16.4. The number of halogens is 1. The Morgan fingerprint density at radius 3 is 2.44 bits per heavy atom. The van der Waals surface area contributed by atoms with Crippen LogP contribution < -0.4 is 9.80 Å². The van der Waals surface area contributed by atoms with Gasteiger partial charge in [0.15, 0.2) is 5.82 Å². The van der Waals surface area contributed by atoms with E-state index in [-0.39, 0.29) is 0 Å². The zero-order valence-corrected chi connectivity index (χ0v) is 15.9. The van der Waals surface area contributed by atoms with Crippen LogP contribution in [0.2, 0.25) is 5.02 Å². The van der Waals surface area contributed by atoms with Crippen LogP contribution in [0.25, 0.3) is 21.9 Å². The maximum Gasteiger partial charge on any atom is 0.156 e. The zero-order chi connectivity index (χ0) is 18.4. The van der Waals surface area contributed by atoms with Gasteiger partial charge >= 0.3 is 0 Å². The van der Waals surface area contributed by atoms with Crippen LogP contribution in [0.15, 0.2) is 48.8 Å². The molecule has 1 N–H and O–H groups in total. The molecule has 0 saturated carbocycles. The first-order chi connectivity index (χ1) is 13.2. The lowest BCUT2D eigenvalue weighted by Crippen LogP contribution is -2.46. The fourth-order valence-electron chi connectivity index (χ4n) is 3.97. The standard InChI is InChI=1S/C21H20ClN5/c1-14-3-2-4-17-18(14)19-20(25-17)21(24-13-23-19)27-11-9-26(10-12-27)16-7-5-15(22)6-8-16/h2-8,13,25H,9-12H2,1H3. The molecule has 5 nitrogen and oxygen atoms in total. The number of aryl methyl sites for hydroxylation is 1. The predicted molar refractivity (Wildman–Crippen MR) is 112 cm³/mol. The lowest BCUT2D eigenvalue weighted by Gasteiger charge is -2.36. The lowest BCUT2D eigenvalue weighted by molar-refractivity contribution is 0.648. The van der Waals surface area contributed by atoms with Crippen molar-refractivity contribution < 1.29 is 0 Å². The highest BCUT2D eigenvalue weighted by molar-refractivity contribution is 6.30. The van der Waals surface area contributed by atoms with Gasteiger partial charge in [-0.2, -0.15) is 0 Å². The molecule has 0 radical (unpaired) electrons. The minimum atomic E-state index is 0.773. The van der Waals surface area contributed by atoms with E-state index in [4.69, 9.17) is 11.6 Å². The molecule has 1 aliphatic heterocycles. The Kier molecular flexibility index (Phi) is 3.90. The fourth-order valence-corrected chi connectivity index (χ4v) is 4.10. The number of rotatable bonds is 2. The molecule has 0 amide bonds. The molecule has 0 unspecified atom stereocenters. The van der Waals surface area contributed by atoms with Crippen molar-refractivity contribution in [3.63, 3.8) is 0 Å². The van der Waals surface area contributed by atoms with Gasteiger partial charge in [0.05, 0.1) is 0 Å². The zero-order valence-electron chi connectivity index (χ0n) is 15.1. The number of hydrogen-bond donors (Lipinski definition) is 1. The first-order valence-electron chi connectivity index (χ1n) is 9.18. The highest BCUT2D eigenvalue weighted by Gasteiger charge is 2.22. The number of fused-ring (bicyclic) bond motifs is 3. The van der Waals surface area contributed by atoms with Crippen LogP contribution in [-0.2, 0) is 0 Å². The van der Waals surface area contributed by atoms with Gasteiger partial charge in [-0.3, -0.25) is 0 Å². The summed E-state index contributed by atoms with van der Waals surface area (Å²) in [6.45, 7) is 5.87. The van der Waals surface area contributed by atoms with Crippen molar-refractivity contribution in [3.8, 4) is 0 Å². The van der Waals surface area contributed by atoms with Crippen LogP contribution in [0, 0.1) is 6.92 Å². The monoisotopic (exact) mass is 377 g/mol. The summed E-state index contributed by atoms with van der Waals surface area (Å²) in [7, 11) is 0. The topological polar surface area (TPSA) is 48.1 Å². The molecule has 0 atom stereocenters. The van der Waals surface area contributed by atoms with E-state index in [1.54, 1.807) is 6.33 Å². The quantitative estimate of drug-likeness (QED) is 0.562. The van der Waals surface area contributed by atoms with Gasteiger partial charge in [-0.1, -0.05) is 23.7 Å². The Bertz CT molecular complexity index is 1110. The van der Waals surface area contributed by atoms with Crippen LogP contribution in [-0.4, -0.2) is 41.1 Å². The van der Waals surface area contributed by atoms with Crippen LogP contribution in [0.3, 0.4) is 0 Å². The van der Waals surface area contributed by atoms with Gasteiger partial charge in [0.2, 0.25) is 0 Å². The van der Waals surface area contributed by atoms with Crippen molar-refractivity contribution in [3.05, 3.63) is 59.4 Å². The molecule has 6 heteroatoms. The number of aromatic amines is 1. The molecule has 27 heavy (non-hydrogen) atoms. The fraction of sp³-hybridized carbons (Fsp3) is 0.238. The Hall–Kier alpha value is -2.79. The summed E-state index contributed by atoms with van der Waals surface area (Å²) >= 11 is 6.01. The summed E-state index contributed by atoms with van der Waals surface area (Å²) in [5.41, 5.74) is 5.60. The van der Waals surface area contributed by atoms with Gasteiger partial charge in [0.25, 0.3) is 0 Å². The van der Waals surface area contributed by atoms with Gasteiger partial charge < -0.3 is 14.8 Å². The second-order valence-corrected chi connectivity index (χ2v) is 7.43. The van der Waals surface area contributed by atoms with Crippen molar-refractivity contribution in [2.75, 3.05) is 36.0 Å². The van der Waals surface area contributed by atoms with Crippen LogP contribution >= 0.6 is 11.6 Å². The van der Waals surface area contributed by atoms with E-state index >= 15 is 0 Å². The maximum atomic E-state index is 6.01. The number of nitrogens with one attached hydrogen (secondary N) is 1. The van der Waals surface area contributed by atoms with Crippen molar-refractivity contribution >= 4 is 45.0 Å². The molecular formula is C21H20ClN5. The number of piperazine rings is 1. The van der Waals surface area contributed by atoms with E-state index in [1.165, 1.54) is 16.6 Å². The van der Waals surface area contributed by atoms with Crippen molar-refractivity contribution in [2.24, 2.45) is 0 Å². The molecule has 3 heterocycles. The average molecular weight is 378 g/mol. The number of aromatic nitrogens is 3. The third-order valence-electron chi connectivity index (χ3n) is 5.37. The minimum Gasteiger partial charge on any atom is -0.368 e. The molecule has 2 aromatic heterocycles. The number of benzene rings is 2. The van der Waals surface area contributed by atoms with Gasteiger partial charge in [-0.25, -0.2) is 9.97 Å². The normalized spacial score (nSPS) is 15.0. The number of nitrogens with zero attached hydrogens (tertiary/aromatic N) is 4. The SMILES string of the molecule is Cc1cccc2[nH]c3c(N4CCN(c5ccc(Cl)cc5)CC4)ncnc3c12. The lowest BCUT2D eigenvalue weighted by atomic mass is 10.1. The highest BCUT2D eigenvalue weighted by atomic mass is 35.5. The van der Waals surface area contributed by atoms with Crippen molar-refractivity contribution in [1.82, 2.24) is 15.0 Å². The van der Waals surface area contributed by atoms with Crippen LogP contribution in [0.1, 0.15) is 5.56 Å². The van der Waals surface area contributed by atoms with E-state index in [0.717, 1.165) is 53.6 Å². The summed E-state index contributed by atoms with van der Waals surface area (Å²) < 4.78 is 0. The Morgan fingerprint density at radius 1 is 0.926 bits per heavy atom. The predicted octanol–water partition coefficient (Wildman–Crippen LogP) is 4.40. The summed E-state index contributed by atoms with van der Waals surface area (Å²) in [6.07, 6.45) is 1.68. The number of H-pyrrole nitrogens is 1. The number of hydrogen-bond acceptors (Lipinski definition) is 4. The van der Waals surface area contributed by atoms with Gasteiger partial charge in [0.1, 0.15) is 17.4 Å². The molecule has 0 bridgehead atoms. The first-order valence-corrected chi connectivity index (χ1v) is 9.56. The Morgan fingerprint density at radius 2 is 1.67 bits per heavy atom. The summed E-state index contributed by atoms with van der Waals surface area (Å²) in [5.74, 6) is 0.992.